The van der Waals surface area contributed by atoms with Gasteiger partial charge in [-0.3, -0.25) is 4.99 Å². The number of sulfonamides is 1. The second-order valence-electron chi connectivity index (χ2n) is 3.44. The summed E-state index contributed by atoms with van der Waals surface area (Å²) >= 11 is 0. The SMILES string of the molecule is CN=C(NCCCNS(C)(=O)=O)NCCOC.I. The maximum absolute atomic E-state index is 10.8. The zero-order chi connectivity index (χ0) is 13.1. The number of aliphatic imine (C=N–C) groups is 1. The van der Waals surface area contributed by atoms with Gasteiger partial charge in [0.25, 0.3) is 0 Å². The summed E-state index contributed by atoms with van der Waals surface area (Å²) < 4.78 is 28.9. The molecule has 0 atom stereocenters. The summed E-state index contributed by atoms with van der Waals surface area (Å²) in [6.45, 7) is 2.35. The van der Waals surface area contributed by atoms with Gasteiger partial charge in [0.2, 0.25) is 10.0 Å². The Hall–Kier alpha value is -0.130. The average Bonchev–Trinajstić information content (AvgIpc) is 2.25. The zero-order valence-electron chi connectivity index (χ0n) is 11.0. The lowest BCUT2D eigenvalue weighted by Crippen LogP contribution is -2.40. The number of hydrogen-bond acceptors (Lipinski definition) is 4. The second-order valence-corrected chi connectivity index (χ2v) is 5.27. The van der Waals surface area contributed by atoms with E-state index in [0.717, 1.165) is 6.26 Å². The third kappa shape index (κ3) is 13.9. The normalized spacial score (nSPS) is 11.8. The fraction of sp³-hybridized carbons (Fsp3) is 0.889. The highest BCUT2D eigenvalue weighted by molar-refractivity contribution is 14.0. The van der Waals surface area contributed by atoms with E-state index in [-0.39, 0.29) is 24.0 Å². The molecule has 7 nitrogen and oxygen atoms in total. The van der Waals surface area contributed by atoms with E-state index in [1.165, 1.54) is 0 Å². The van der Waals surface area contributed by atoms with E-state index in [4.69, 9.17) is 4.74 Å². The molecule has 110 valence electrons. The maximum Gasteiger partial charge on any atom is 0.208 e. The van der Waals surface area contributed by atoms with Crippen LogP contribution >= 0.6 is 24.0 Å². The van der Waals surface area contributed by atoms with Gasteiger partial charge in [0.15, 0.2) is 5.96 Å². The summed E-state index contributed by atoms with van der Waals surface area (Å²) in [5.41, 5.74) is 0. The molecule has 0 aliphatic carbocycles. The van der Waals surface area contributed by atoms with Gasteiger partial charge in [-0.05, 0) is 6.42 Å². The minimum absolute atomic E-state index is 0. The van der Waals surface area contributed by atoms with E-state index >= 15 is 0 Å². The van der Waals surface area contributed by atoms with Crippen molar-refractivity contribution in [1.29, 1.82) is 0 Å². The van der Waals surface area contributed by atoms with E-state index in [1.807, 2.05) is 0 Å². The number of guanidine groups is 1. The number of nitrogens with one attached hydrogen (secondary N) is 3. The summed E-state index contributed by atoms with van der Waals surface area (Å²) in [4.78, 5) is 4.01. The van der Waals surface area contributed by atoms with Crippen molar-refractivity contribution >= 4 is 40.0 Å². The highest BCUT2D eigenvalue weighted by Gasteiger charge is 1.99. The Morgan fingerprint density at radius 3 is 2.33 bits per heavy atom. The molecule has 3 N–H and O–H groups in total. The molecule has 0 aliphatic rings. The smallest absolute Gasteiger partial charge is 0.208 e. The predicted octanol–water partition coefficient (Wildman–Crippen LogP) is -0.645. The minimum Gasteiger partial charge on any atom is -0.383 e. The number of hydrogen-bond donors (Lipinski definition) is 3. The summed E-state index contributed by atoms with van der Waals surface area (Å²) in [6.07, 6.45) is 1.84. The molecule has 0 aliphatic heterocycles. The van der Waals surface area contributed by atoms with Crippen molar-refractivity contribution in [3.63, 3.8) is 0 Å². The van der Waals surface area contributed by atoms with Gasteiger partial charge in [0, 0.05) is 33.8 Å². The molecule has 0 radical (unpaired) electrons. The molecular formula is C9H23IN4O3S. The molecule has 0 unspecified atom stereocenters. The molecule has 9 heteroatoms. The van der Waals surface area contributed by atoms with Gasteiger partial charge in [-0.15, -0.1) is 24.0 Å². The van der Waals surface area contributed by atoms with Crippen molar-refractivity contribution in [2.24, 2.45) is 4.99 Å². The van der Waals surface area contributed by atoms with Gasteiger partial charge in [-0.2, -0.15) is 0 Å². The van der Waals surface area contributed by atoms with Crippen LogP contribution in [-0.4, -0.2) is 61.0 Å². The standard InChI is InChI=1S/C9H22N4O3S.HI/c1-10-9(12-7-8-16-2)11-5-4-6-13-17(3,14)15;/h13H,4-8H2,1-3H3,(H2,10,11,12);1H. The van der Waals surface area contributed by atoms with Crippen LogP contribution in [0.25, 0.3) is 0 Å². The highest BCUT2D eigenvalue weighted by atomic mass is 127. The third-order valence-electron chi connectivity index (χ3n) is 1.83. The molecule has 0 spiro atoms. The highest BCUT2D eigenvalue weighted by Crippen LogP contribution is 1.78. The molecule has 18 heavy (non-hydrogen) atoms. The third-order valence-corrected chi connectivity index (χ3v) is 2.56. The van der Waals surface area contributed by atoms with Crippen molar-refractivity contribution in [2.75, 3.05) is 46.7 Å². The van der Waals surface area contributed by atoms with Gasteiger partial charge in [-0.25, -0.2) is 13.1 Å². The van der Waals surface area contributed by atoms with Gasteiger partial charge < -0.3 is 15.4 Å². The summed E-state index contributed by atoms with van der Waals surface area (Å²) in [6, 6.07) is 0. The molecule has 0 rings (SSSR count). The van der Waals surface area contributed by atoms with Crippen molar-refractivity contribution in [2.45, 2.75) is 6.42 Å². The van der Waals surface area contributed by atoms with E-state index in [9.17, 15) is 8.42 Å². The Bertz CT molecular complexity index is 322. The molecule has 0 saturated heterocycles. The van der Waals surface area contributed by atoms with Crippen molar-refractivity contribution in [1.82, 2.24) is 15.4 Å². The van der Waals surface area contributed by atoms with E-state index in [2.05, 4.69) is 20.3 Å². The Labute approximate surface area is 126 Å². The quantitative estimate of drug-likeness (QED) is 0.220. The molecule has 0 fully saturated rings. The first-order valence-corrected chi connectivity index (χ1v) is 7.27. The molecule has 0 saturated carbocycles. The van der Waals surface area contributed by atoms with Crippen molar-refractivity contribution in [3.05, 3.63) is 0 Å². The van der Waals surface area contributed by atoms with Crippen LogP contribution in [0.3, 0.4) is 0 Å². The molecule has 0 aromatic heterocycles. The van der Waals surface area contributed by atoms with Crippen LogP contribution in [0.5, 0.6) is 0 Å². The maximum atomic E-state index is 10.8. The minimum atomic E-state index is -3.09. The van der Waals surface area contributed by atoms with Crippen molar-refractivity contribution in [3.8, 4) is 0 Å². The van der Waals surface area contributed by atoms with Crippen LogP contribution in [0.4, 0.5) is 0 Å². The summed E-state index contributed by atoms with van der Waals surface area (Å²) in [7, 11) is 0.223. The van der Waals surface area contributed by atoms with Crippen LogP contribution < -0.4 is 15.4 Å². The summed E-state index contributed by atoms with van der Waals surface area (Å²) in [5.74, 6) is 0.682. The van der Waals surface area contributed by atoms with Gasteiger partial charge in [0.05, 0.1) is 12.9 Å². The van der Waals surface area contributed by atoms with Crippen LogP contribution in [0.2, 0.25) is 0 Å². The first-order chi connectivity index (χ1) is 7.99. The lowest BCUT2D eigenvalue weighted by Gasteiger charge is -2.11. The number of rotatable bonds is 8. The first-order valence-electron chi connectivity index (χ1n) is 5.37. The lowest BCUT2D eigenvalue weighted by molar-refractivity contribution is 0.203. The lowest BCUT2D eigenvalue weighted by atomic mass is 10.4. The molecule has 0 aromatic rings. The van der Waals surface area contributed by atoms with Crippen LogP contribution in [-0.2, 0) is 14.8 Å². The Kier molecular flexibility index (Phi) is 13.4. The zero-order valence-corrected chi connectivity index (χ0v) is 14.2. The Morgan fingerprint density at radius 1 is 1.22 bits per heavy atom. The molecule has 0 heterocycles. The number of methoxy groups -OCH3 is 1. The fourth-order valence-electron chi connectivity index (χ4n) is 1.04. The number of nitrogens with zero attached hydrogens (tertiary/aromatic N) is 1. The van der Waals surface area contributed by atoms with Crippen LogP contribution in [0, 0.1) is 0 Å². The van der Waals surface area contributed by atoms with Crippen molar-refractivity contribution < 1.29 is 13.2 Å². The van der Waals surface area contributed by atoms with E-state index < -0.39 is 10.0 Å². The molecule has 0 bridgehead atoms. The molecular weight excluding hydrogens is 371 g/mol. The Balaban J connectivity index is 0. The topological polar surface area (TPSA) is 91.8 Å². The average molecular weight is 394 g/mol. The molecule has 0 aromatic carbocycles. The number of ether oxygens (including phenoxy) is 1. The monoisotopic (exact) mass is 394 g/mol. The van der Waals surface area contributed by atoms with Gasteiger partial charge in [0.1, 0.15) is 0 Å². The van der Waals surface area contributed by atoms with Crippen LogP contribution in [0.15, 0.2) is 4.99 Å². The molecule has 0 amide bonds. The largest absolute Gasteiger partial charge is 0.383 e. The first kappa shape index (κ1) is 20.2. The van der Waals surface area contributed by atoms with E-state index in [1.54, 1.807) is 14.2 Å². The van der Waals surface area contributed by atoms with Gasteiger partial charge in [-0.1, -0.05) is 0 Å². The fourth-order valence-corrected chi connectivity index (χ4v) is 1.56. The number of halogens is 1. The van der Waals surface area contributed by atoms with Gasteiger partial charge >= 0.3 is 0 Å². The summed E-state index contributed by atoms with van der Waals surface area (Å²) in [5, 5.41) is 6.12. The van der Waals surface area contributed by atoms with E-state index in [0.29, 0.717) is 38.6 Å². The Morgan fingerprint density at radius 2 is 1.83 bits per heavy atom. The predicted molar refractivity (Wildman–Crippen MR) is 84.1 cm³/mol. The van der Waals surface area contributed by atoms with Crippen LogP contribution in [0.1, 0.15) is 6.42 Å². The second kappa shape index (κ2) is 11.9.